The number of hydrogen-bond acceptors (Lipinski definition) is 2. The lowest BCUT2D eigenvalue weighted by Crippen LogP contribution is -2.36. The molecular formula is C11H16IN3O. The first kappa shape index (κ1) is 11.9. The summed E-state index contributed by atoms with van der Waals surface area (Å²) >= 11 is 2.24. The molecule has 0 aromatic carbocycles. The summed E-state index contributed by atoms with van der Waals surface area (Å²) in [7, 11) is 1.99. The average molecular weight is 333 g/mol. The summed E-state index contributed by atoms with van der Waals surface area (Å²) in [5.74, 6) is 0.745. The largest absolute Gasteiger partial charge is 0.343 e. The molecule has 1 aromatic rings. The van der Waals surface area contributed by atoms with E-state index in [4.69, 9.17) is 0 Å². The van der Waals surface area contributed by atoms with Crippen LogP contribution in [0.2, 0.25) is 0 Å². The molecule has 16 heavy (non-hydrogen) atoms. The van der Waals surface area contributed by atoms with Crippen LogP contribution in [0.15, 0.2) is 6.07 Å². The lowest BCUT2D eigenvalue weighted by Gasteiger charge is -2.31. The molecule has 0 aliphatic carbocycles. The van der Waals surface area contributed by atoms with E-state index in [1.807, 2.05) is 16.6 Å². The summed E-state index contributed by atoms with van der Waals surface area (Å²) < 4.78 is 3.01. The number of piperidine rings is 1. The Labute approximate surface area is 109 Å². The van der Waals surface area contributed by atoms with Crippen LogP contribution < -0.4 is 0 Å². The fourth-order valence-electron chi connectivity index (χ4n) is 2.32. The first-order chi connectivity index (χ1) is 7.58. The fourth-order valence-corrected chi connectivity index (χ4v) is 2.96. The Hall–Kier alpha value is -0.590. The van der Waals surface area contributed by atoms with Crippen molar-refractivity contribution in [2.45, 2.75) is 25.7 Å². The van der Waals surface area contributed by atoms with Gasteiger partial charge >= 0.3 is 0 Å². The van der Waals surface area contributed by atoms with E-state index in [9.17, 15) is 4.79 Å². The van der Waals surface area contributed by atoms with Crippen molar-refractivity contribution < 1.29 is 4.79 Å². The molecule has 0 saturated carbocycles. The number of rotatable bonds is 1. The fraction of sp³-hybridized carbons (Fsp3) is 0.636. The number of halogens is 1. The maximum atomic E-state index is 11.2. The zero-order chi connectivity index (χ0) is 11.7. The van der Waals surface area contributed by atoms with Gasteiger partial charge in [0, 0.05) is 38.7 Å². The summed E-state index contributed by atoms with van der Waals surface area (Å²) in [5, 5.41) is 4.36. The molecule has 2 heterocycles. The van der Waals surface area contributed by atoms with Gasteiger partial charge in [0.25, 0.3) is 0 Å². The Balaban J connectivity index is 2.04. The van der Waals surface area contributed by atoms with E-state index in [0.29, 0.717) is 5.92 Å². The van der Waals surface area contributed by atoms with Crippen molar-refractivity contribution in [3.8, 4) is 0 Å². The third-order valence-electron chi connectivity index (χ3n) is 3.24. The number of nitrogens with zero attached hydrogens (tertiary/aromatic N) is 3. The molecule has 0 unspecified atom stereocenters. The summed E-state index contributed by atoms with van der Waals surface area (Å²) in [4.78, 5) is 13.1. The summed E-state index contributed by atoms with van der Waals surface area (Å²) in [6.07, 6.45) is 2.10. The van der Waals surface area contributed by atoms with E-state index in [-0.39, 0.29) is 5.91 Å². The van der Waals surface area contributed by atoms with Crippen LogP contribution in [0.3, 0.4) is 0 Å². The van der Waals surface area contributed by atoms with Crippen LogP contribution in [0.1, 0.15) is 31.4 Å². The highest BCUT2D eigenvalue weighted by atomic mass is 127. The number of hydrogen-bond donors (Lipinski definition) is 0. The van der Waals surface area contributed by atoms with Crippen molar-refractivity contribution >= 4 is 28.5 Å². The lowest BCUT2D eigenvalue weighted by molar-refractivity contribution is -0.129. The molecule has 0 spiro atoms. The van der Waals surface area contributed by atoms with E-state index in [2.05, 4.69) is 33.8 Å². The molecule has 1 saturated heterocycles. The molecule has 0 radical (unpaired) electrons. The first-order valence-corrected chi connectivity index (χ1v) is 6.60. The third-order valence-corrected chi connectivity index (χ3v) is 3.77. The zero-order valence-electron chi connectivity index (χ0n) is 9.61. The smallest absolute Gasteiger partial charge is 0.219 e. The van der Waals surface area contributed by atoms with Gasteiger partial charge in [-0.25, -0.2) is 0 Å². The van der Waals surface area contributed by atoms with Gasteiger partial charge in [-0.2, -0.15) is 5.10 Å². The molecule has 5 heteroatoms. The average Bonchev–Trinajstić information content (AvgIpc) is 2.58. The number of aryl methyl sites for hydroxylation is 1. The molecule has 4 nitrogen and oxygen atoms in total. The van der Waals surface area contributed by atoms with Crippen molar-refractivity contribution in [3.63, 3.8) is 0 Å². The van der Waals surface area contributed by atoms with E-state index >= 15 is 0 Å². The standard InChI is InChI=1S/C11H16IN3O/c1-8(16)15-5-3-9(4-6-15)10-7-11(12)13-14(10)2/h7,9H,3-6H2,1-2H3. The summed E-state index contributed by atoms with van der Waals surface area (Å²) in [6.45, 7) is 3.40. The summed E-state index contributed by atoms with van der Waals surface area (Å²) in [5.41, 5.74) is 1.30. The second-order valence-electron chi connectivity index (χ2n) is 4.30. The maximum absolute atomic E-state index is 11.2. The highest BCUT2D eigenvalue weighted by Crippen LogP contribution is 2.28. The number of amides is 1. The predicted molar refractivity (Wildman–Crippen MR) is 70.2 cm³/mol. The van der Waals surface area contributed by atoms with Gasteiger partial charge in [-0.3, -0.25) is 9.48 Å². The monoisotopic (exact) mass is 333 g/mol. The van der Waals surface area contributed by atoms with Crippen LogP contribution in [-0.4, -0.2) is 33.7 Å². The van der Waals surface area contributed by atoms with Crippen molar-refractivity contribution in [3.05, 3.63) is 15.5 Å². The van der Waals surface area contributed by atoms with Gasteiger partial charge in [-0.05, 0) is 41.5 Å². The van der Waals surface area contributed by atoms with Gasteiger partial charge < -0.3 is 4.90 Å². The van der Waals surface area contributed by atoms with Gasteiger partial charge in [0.05, 0.1) is 0 Å². The molecule has 0 atom stereocenters. The number of carbonyl (C=O) groups excluding carboxylic acids is 1. The van der Waals surface area contributed by atoms with Crippen molar-refractivity contribution in [2.24, 2.45) is 7.05 Å². The van der Waals surface area contributed by atoms with Crippen LogP contribution in [0.4, 0.5) is 0 Å². The van der Waals surface area contributed by atoms with E-state index in [1.165, 1.54) is 5.69 Å². The normalized spacial score (nSPS) is 17.8. The molecule has 0 N–H and O–H groups in total. The molecule has 2 rings (SSSR count). The topological polar surface area (TPSA) is 38.1 Å². The highest BCUT2D eigenvalue weighted by molar-refractivity contribution is 14.1. The second kappa shape index (κ2) is 4.73. The molecule has 1 amide bonds. The molecular weight excluding hydrogens is 317 g/mol. The van der Waals surface area contributed by atoms with Crippen LogP contribution in [0.5, 0.6) is 0 Å². The van der Waals surface area contributed by atoms with E-state index in [0.717, 1.165) is 29.6 Å². The van der Waals surface area contributed by atoms with Crippen LogP contribution in [0, 0.1) is 3.70 Å². The maximum Gasteiger partial charge on any atom is 0.219 e. The Bertz CT molecular complexity index is 394. The number of likely N-dealkylation sites (tertiary alicyclic amines) is 1. The quantitative estimate of drug-likeness (QED) is 0.735. The van der Waals surface area contributed by atoms with Crippen molar-refractivity contribution in [2.75, 3.05) is 13.1 Å². The van der Waals surface area contributed by atoms with E-state index < -0.39 is 0 Å². The molecule has 1 fully saturated rings. The predicted octanol–water partition coefficient (Wildman–Crippen LogP) is 1.75. The Morgan fingerprint density at radius 2 is 2.12 bits per heavy atom. The van der Waals surface area contributed by atoms with Crippen LogP contribution >= 0.6 is 22.6 Å². The molecule has 88 valence electrons. The molecule has 1 aliphatic rings. The van der Waals surface area contributed by atoms with Crippen molar-refractivity contribution in [1.82, 2.24) is 14.7 Å². The van der Waals surface area contributed by atoms with Gasteiger partial charge in [-0.15, -0.1) is 0 Å². The van der Waals surface area contributed by atoms with Crippen LogP contribution in [-0.2, 0) is 11.8 Å². The van der Waals surface area contributed by atoms with Gasteiger partial charge in [0.15, 0.2) is 0 Å². The third kappa shape index (κ3) is 2.39. The Morgan fingerprint density at radius 1 is 1.50 bits per heavy atom. The minimum atomic E-state index is 0.193. The SMILES string of the molecule is CC(=O)N1CCC(c2cc(I)nn2C)CC1. The van der Waals surface area contributed by atoms with Gasteiger partial charge in [0.2, 0.25) is 5.91 Å². The highest BCUT2D eigenvalue weighted by Gasteiger charge is 2.24. The van der Waals surface area contributed by atoms with Gasteiger partial charge in [-0.1, -0.05) is 0 Å². The first-order valence-electron chi connectivity index (χ1n) is 5.53. The molecule has 0 bridgehead atoms. The minimum absolute atomic E-state index is 0.193. The number of aromatic nitrogens is 2. The minimum Gasteiger partial charge on any atom is -0.343 e. The Morgan fingerprint density at radius 3 is 2.56 bits per heavy atom. The summed E-state index contributed by atoms with van der Waals surface area (Å²) in [6, 6.07) is 2.15. The lowest BCUT2D eigenvalue weighted by atomic mass is 9.93. The van der Waals surface area contributed by atoms with E-state index in [1.54, 1.807) is 6.92 Å². The second-order valence-corrected chi connectivity index (χ2v) is 5.40. The molecule has 1 aromatic heterocycles. The Kier molecular flexibility index (Phi) is 3.51. The van der Waals surface area contributed by atoms with Crippen LogP contribution in [0.25, 0.3) is 0 Å². The number of carbonyl (C=O) groups is 1. The zero-order valence-corrected chi connectivity index (χ0v) is 11.8. The van der Waals surface area contributed by atoms with Crippen molar-refractivity contribution in [1.29, 1.82) is 0 Å². The van der Waals surface area contributed by atoms with Gasteiger partial charge in [0.1, 0.15) is 3.70 Å². The molecule has 1 aliphatic heterocycles.